The van der Waals surface area contributed by atoms with Crippen molar-refractivity contribution in [1.82, 2.24) is 5.32 Å². The van der Waals surface area contributed by atoms with Crippen LogP contribution in [0.4, 0.5) is 4.39 Å². The molecule has 0 amide bonds. The fraction of sp³-hybridized carbons (Fsp3) is 0.600. The van der Waals surface area contributed by atoms with Crippen LogP contribution in [0.5, 0.6) is 0 Å². The van der Waals surface area contributed by atoms with Gasteiger partial charge in [-0.25, -0.2) is 4.39 Å². The number of hydrogen-bond donors (Lipinski definition) is 1. The van der Waals surface area contributed by atoms with E-state index in [1.165, 1.54) is 12.8 Å². The molecule has 0 bridgehead atoms. The van der Waals surface area contributed by atoms with Gasteiger partial charge in [-0.15, -0.1) is 11.8 Å². The number of thioether (sulfide) groups is 1. The SMILES string of the molecule is CCCCCSc1c(F)cccc1C(C)NCC. The Morgan fingerprint density at radius 2 is 2.06 bits per heavy atom. The summed E-state index contributed by atoms with van der Waals surface area (Å²) in [7, 11) is 0. The third-order valence-electron chi connectivity index (χ3n) is 2.97. The Bertz CT molecular complexity index is 354. The minimum atomic E-state index is -0.0845. The van der Waals surface area contributed by atoms with Crippen LogP contribution in [0.1, 0.15) is 51.6 Å². The molecule has 1 aromatic carbocycles. The van der Waals surface area contributed by atoms with Gasteiger partial charge in [-0.2, -0.15) is 0 Å². The second-order valence-electron chi connectivity index (χ2n) is 4.49. The predicted molar refractivity (Wildman–Crippen MR) is 78.7 cm³/mol. The van der Waals surface area contributed by atoms with Crippen molar-refractivity contribution in [2.75, 3.05) is 12.3 Å². The highest BCUT2D eigenvalue weighted by atomic mass is 32.2. The third kappa shape index (κ3) is 4.62. The number of benzene rings is 1. The van der Waals surface area contributed by atoms with Crippen LogP contribution in [0.25, 0.3) is 0 Å². The summed E-state index contributed by atoms with van der Waals surface area (Å²) >= 11 is 1.65. The summed E-state index contributed by atoms with van der Waals surface area (Å²) in [4.78, 5) is 0.821. The van der Waals surface area contributed by atoms with E-state index in [1.807, 2.05) is 6.07 Å². The zero-order valence-electron chi connectivity index (χ0n) is 11.6. The van der Waals surface area contributed by atoms with E-state index >= 15 is 0 Å². The molecule has 3 heteroatoms. The van der Waals surface area contributed by atoms with Crippen LogP contribution in [0.15, 0.2) is 23.1 Å². The van der Waals surface area contributed by atoms with Crippen molar-refractivity contribution in [3.05, 3.63) is 29.6 Å². The largest absolute Gasteiger partial charge is 0.310 e. The number of nitrogens with one attached hydrogen (secondary N) is 1. The highest BCUT2D eigenvalue weighted by Crippen LogP contribution is 2.30. The molecule has 0 aliphatic carbocycles. The first-order chi connectivity index (χ1) is 8.70. The van der Waals surface area contributed by atoms with E-state index in [4.69, 9.17) is 0 Å². The van der Waals surface area contributed by atoms with Gasteiger partial charge in [-0.3, -0.25) is 0 Å². The van der Waals surface area contributed by atoms with Gasteiger partial charge in [0.25, 0.3) is 0 Å². The molecule has 0 saturated heterocycles. The normalized spacial score (nSPS) is 12.7. The summed E-state index contributed by atoms with van der Waals surface area (Å²) in [5, 5.41) is 3.35. The van der Waals surface area contributed by atoms with Gasteiger partial charge in [0.15, 0.2) is 0 Å². The monoisotopic (exact) mass is 269 g/mol. The first-order valence-corrected chi connectivity index (χ1v) is 7.83. The summed E-state index contributed by atoms with van der Waals surface area (Å²) in [5.74, 6) is 0.916. The molecular formula is C15H24FNS. The van der Waals surface area contributed by atoms with Crippen LogP contribution in [-0.4, -0.2) is 12.3 Å². The van der Waals surface area contributed by atoms with E-state index in [2.05, 4.69) is 26.1 Å². The van der Waals surface area contributed by atoms with Crippen molar-refractivity contribution < 1.29 is 4.39 Å². The minimum absolute atomic E-state index is 0.0845. The average Bonchev–Trinajstić information content (AvgIpc) is 2.36. The van der Waals surface area contributed by atoms with Gasteiger partial charge in [0.2, 0.25) is 0 Å². The molecule has 1 rings (SSSR count). The second-order valence-corrected chi connectivity index (χ2v) is 5.60. The van der Waals surface area contributed by atoms with E-state index in [0.29, 0.717) is 0 Å². The van der Waals surface area contributed by atoms with Crippen LogP contribution in [0, 0.1) is 5.82 Å². The van der Waals surface area contributed by atoms with Crippen molar-refractivity contribution in [3.8, 4) is 0 Å². The first-order valence-electron chi connectivity index (χ1n) is 6.85. The minimum Gasteiger partial charge on any atom is -0.310 e. The second kappa shape index (κ2) is 8.54. The highest BCUT2D eigenvalue weighted by Gasteiger charge is 2.13. The Morgan fingerprint density at radius 1 is 1.28 bits per heavy atom. The Kier molecular flexibility index (Phi) is 7.36. The Morgan fingerprint density at radius 3 is 2.72 bits per heavy atom. The maximum absolute atomic E-state index is 13.9. The topological polar surface area (TPSA) is 12.0 Å². The molecule has 0 heterocycles. The van der Waals surface area contributed by atoms with Crippen LogP contribution >= 0.6 is 11.8 Å². The molecule has 1 nitrogen and oxygen atoms in total. The maximum Gasteiger partial charge on any atom is 0.137 e. The van der Waals surface area contributed by atoms with Gasteiger partial charge in [-0.05, 0) is 37.3 Å². The first kappa shape index (κ1) is 15.5. The lowest BCUT2D eigenvalue weighted by atomic mass is 10.1. The van der Waals surface area contributed by atoms with Crippen LogP contribution < -0.4 is 5.32 Å². The van der Waals surface area contributed by atoms with Gasteiger partial charge in [0.05, 0.1) is 0 Å². The average molecular weight is 269 g/mol. The van der Waals surface area contributed by atoms with Gasteiger partial charge in [0.1, 0.15) is 5.82 Å². The smallest absolute Gasteiger partial charge is 0.137 e. The van der Waals surface area contributed by atoms with E-state index in [1.54, 1.807) is 23.9 Å². The standard InChI is InChI=1S/C15H24FNS/c1-4-6-7-11-18-15-13(12(3)17-5-2)9-8-10-14(15)16/h8-10,12,17H,4-7,11H2,1-3H3. The van der Waals surface area contributed by atoms with Crippen molar-refractivity contribution in [2.45, 2.75) is 51.0 Å². The van der Waals surface area contributed by atoms with E-state index in [0.717, 1.165) is 29.2 Å². The van der Waals surface area contributed by atoms with E-state index in [9.17, 15) is 4.39 Å². The van der Waals surface area contributed by atoms with Gasteiger partial charge >= 0.3 is 0 Å². The predicted octanol–water partition coefficient (Wildman–Crippen LogP) is 4.78. The fourth-order valence-corrected chi connectivity index (χ4v) is 3.13. The lowest BCUT2D eigenvalue weighted by Gasteiger charge is -2.17. The quantitative estimate of drug-likeness (QED) is 0.538. The molecule has 0 fully saturated rings. The van der Waals surface area contributed by atoms with Crippen molar-refractivity contribution in [2.24, 2.45) is 0 Å². The molecule has 0 aliphatic heterocycles. The summed E-state index contributed by atoms with van der Waals surface area (Å²) in [6, 6.07) is 5.59. The van der Waals surface area contributed by atoms with Crippen molar-refractivity contribution in [3.63, 3.8) is 0 Å². The van der Waals surface area contributed by atoms with Gasteiger partial charge < -0.3 is 5.32 Å². The lowest BCUT2D eigenvalue weighted by Crippen LogP contribution is -2.18. The Labute approximate surface area is 115 Å². The zero-order chi connectivity index (χ0) is 13.4. The Hall–Kier alpha value is -0.540. The van der Waals surface area contributed by atoms with Crippen LogP contribution in [-0.2, 0) is 0 Å². The van der Waals surface area contributed by atoms with Crippen molar-refractivity contribution >= 4 is 11.8 Å². The lowest BCUT2D eigenvalue weighted by molar-refractivity contribution is 0.557. The maximum atomic E-state index is 13.9. The van der Waals surface area contributed by atoms with E-state index in [-0.39, 0.29) is 11.9 Å². The summed E-state index contributed by atoms with van der Waals surface area (Å²) in [5.41, 5.74) is 1.08. The molecule has 18 heavy (non-hydrogen) atoms. The molecule has 1 aromatic rings. The highest BCUT2D eigenvalue weighted by molar-refractivity contribution is 7.99. The third-order valence-corrected chi connectivity index (χ3v) is 4.18. The molecule has 0 radical (unpaired) electrons. The summed E-state index contributed by atoms with van der Waals surface area (Å²) in [6.45, 7) is 7.25. The molecule has 0 aromatic heterocycles. The fourth-order valence-electron chi connectivity index (χ4n) is 1.96. The number of unbranched alkanes of at least 4 members (excludes halogenated alkanes) is 2. The molecule has 1 N–H and O–H groups in total. The van der Waals surface area contributed by atoms with Gasteiger partial charge in [-0.1, -0.05) is 38.8 Å². The molecular weight excluding hydrogens is 245 g/mol. The number of halogens is 1. The molecule has 102 valence electrons. The van der Waals surface area contributed by atoms with Crippen LogP contribution in [0.2, 0.25) is 0 Å². The number of hydrogen-bond acceptors (Lipinski definition) is 2. The molecule has 0 aliphatic rings. The molecule has 0 saturated carbocycles. The molecule has 1 unspecified atom stereocenters. The van der Waals surface area contributed by atoms with Crippen molar-refractivity contribution in [1.29, 1.82) is 0 Å². The van der Waals surface area contributed by atoms with E-state index < -0.39 is 0 Å². The molecule has 0 spiro atoms. The van der Waals surface area contributed by atoms with Crippen LogP contribution in [0.3, 0.4) is 0 Å². The summed E-state index contributed by atoms with van der Waals surface area (Å²) in [6.07, 6.45) is 3.59. The zero-order valence-corrected chi connectivity index (χ0v) is 12.4. The summed E-state index contributed by atoms with van der Waals surface area (Å²) < 4.78 is 13.9. The van der Waals surface area contributed by atoms with Gasteiger partial charge in [0, 0.05) is 10.9 Å². The Balaban J connectivity index is 2.73. The number of rotatable bonds is 8. The molecule has 1 atom stereocenters.